The van der Waals surface area contributed by atoms with Crippen LogP contribution < -0.4 is 20.1 Å². The van der Waals surface area contributed by atoms with Gasteiger partial charge in [-0.15, -0.1) is 0 Å². The highest BCUT2D eigenvalue weighted by molar-refractivity contribution is 7.89. The summed E-state index contributed by atoms with van der Waals surface area (Å²) in [6.07, 6.45) is 1.13. The fraction of sp³-hybridized carbons (Fsp3) is 0.391. The zero-order valence-electron chi connectivity index (χ0n) is 18.3. The number of nitrogens with one attached hydrogen (secondary N) is 2. The number of sulfonamides is 1. The fourth-order valence-corrected chi connectivity index (χ4v) is 5.43. The van der Waals surface area contributed by atoms with Gasteiger partial charge in [0.25, 0.3) is 0 Å². The molecule has 2 heterocycles. The number of hydrogen-bond donors (Lipinski definition) is 2. The van der Waals surface area contributed by atoms with Crippen molar-refractivity contribution in [3.05, 3.63) is 48.5 Å². The highest BCUT2D eigenvalue weighted by Gasteiger charge is 2.34. The lowest BCUT2D eigenvalue weighted by atomic mass is 9.98. The molecule has 2 aromatic carbocycles. The van der Waals surface area contributed by atoms with Crippen LogP contribution in [0.5, 0.6) is 11.5 Å². The van der Waals surface area contributed by atoms with Crippen molar-refractivity contribution < 1.29 is 27.5 Å². The van der Waals surface area contributed by atoms with E-state index in [9.17, 15) is 18.0 Å². The summed E-state index contributed by atoms with van der Waals surface area (Å²) in [4.78, 5) is 25.6. The van der Waals surface area contributed by atoms with Crippen LogP contribution in [0.3, 0.4) is 0 Å². The number of rotatable bonds is 6. The van der Waals surface area contributed by atoms with Gasteiger partial charge in [0.05, 0.1) is 10.8 Å². The highest BCUT2D eigenvalue weighted by atomic mass is 32.2. The molecular formula is C23H27N3O6S. The molecule has 4 rings (SSSR count). The normalized spacial score (nSPS) is 19.4. The first-order valence-corrected chi connectivity index (χ1v) is 12.3. The topological polar surface area (TPSA) is 114 Å². The second-order valence-corrected chi connectivity index (χ2v) is 10.0. The van der Waals surface area contributed by atoms with E-state index in [2.05, 4.69) is 10.6 Å². The van der Waals surface area contributed by atoms with Crippen LogP contribution in [0.2, 0.25) is 0 Å². The molecule has 1 unspecified atom stereocenters. The van der Waals surface area contributed by atoms with Crippen molar-refractivity contribution in [3.63, 3.8) is 0 Å². The van der Waals surface area contributed by atoms with Crippen molar-refractivity contribution in [2.75, 3.05) is 31.6 Å². The summed E-state index contributed by atoms with van der Waals surface area (Å²) in [5.41, 5.74) is 0.531. The van der Waals surface area contributed by atoms with Crippen molar-refractivity contribution in [2.24, 2.45) is 5.92 Å². The maximum atomic E-state index is 12.9. The van der Waals surface area contributed by atoms with Gasteiger partial charge >= 0.3 is 0 Å². The lowest BCUT2D eigenvalue weighted by Gasteiger charge is -2.31. The van der Waals surface area contributed by atoms with E-state index in [4.69, 9.17) is 9.47 Å². The highest BCUT2D eigenvalue weighted by Crippen LogP contribution is 2.32. The van der Waals surface area contributed by atoms with Crippen LogP contribution in [0, 0.1) is 5.92 Å². The molecule has 2 amide bonds. The quantitative estimate of drug-likeness (QED) is 0.663. The Kier molecular flexibility index (Phi) is 6.85. The van der Waals surface area contributed by atoms with Gasteiger partial charge in [-0.05, 0) is 44.0 Å². The maximum Gasteiger partial charge on any atom is 0.246 e. The summed E-state index contributed by atoms with van der Waals surface area (Å²) in [6, 6.07) is 12.5. The Labute approximate surface area is 193 Å². The molecule has 33 heavy (non-hydrogen) atoms. The largest absolute Gasteiger partial charge is 0.486 e. The Morgan fingerprint density at radius 1 is 1.06 bits per heavy atom. The molecule has 2 aliphatic rings. The van der Waals surface area contributed by atoms with Crippen LogP contribution >= 0.6 is 0 Å². The molecule has 2 N–H and O–H groups in total. The Balaban J connectivity index is 1.35. The third-order valence-electron chi connectivity index (χ3n) is 5.70. The molecule has 2 atom stereocenters. The van der Waals surface area contributed by atoms with Crippen molar-refractivity contribution >= 4 is 27.5 Å². The molecule has 0 aromatic heterocycles. The fourth-order valence-electron chi connectivity index (χ4n) is 3.88. The third kappa shape index (κ3) is 5.28. The first-order chi connectivity index (χ1) is 15.8. The lowest BCUT2D eigenvalue weighted by Crippen LogP contribution is -2.49. The van der Waals surface area contributed by atoms with E-state index in [-0.39, 0.29) is 23.3 Å². The average molecular weight is 474 g/mol. The van der Waals surface area contributed by atoms with E-state index >= 15 is 0 Å². The van der Waals surface area contributed by atoms with Crippen molar-refractivity contribution in [3.8, 4) is 11.5 Å². The number of carbonyl (C=O) groups excluding carboxylic acids is 2. The zero-order valence-corrected chi connectivity index (χ0v) is 19.1. The van der Waals surface area contributed by atoms with Gasteiger partial charge in [0.2, 0.25) is 21.8 Å². The third-order valence-corrected chi connectivity index (χ3v) is 7.58. The predicted octanol–water partition coefficient (Wildman–Crippen LogP) is 2.00. The molecule has 0 bridgehead atoms. The van der Waals surface area contributed by atoms with Crippen LogP contribution in [0.15, 0.2) is 53.4 Å². The molecule has 176 valence electrons. The summed E-state index contributed by atoms with van der Waals surface area (Å²) in [7, 11) is -3.67. The van der Waals surface area contributed by atoms with E-state index < -0.39 is 22.0 Å². The summed E-state index contributed by atoms with van der Waals surface area (Å²) < 4.78 is 38.1. The van der Waals surface area contributed by atoms with Gasteiger partial charge in [-0.25, -0.2) is 8.42 Å². The van der Waals surface area contributed by atoms with Gasteiger partial charge in [0.1, 0.15) is 19.3 Å². The van der Waals surface area contributed by atoms with Crippen molar-refractivity contribution in [2.45, 2.75) is 30.7 Å². The first-order valence-electron chi connectivity index (χ1n) is 10.9. The number of amides is 2. The van der Waals surface area contributed by atoms with Crippen molar-refractivity contribution in [1.82, 2.24) is 9.62 Å². The number of anilines is 1. The second kappa shape index (κ2) is 9.80. The lowest BCUT2D eigenvalue weighted by molar-refractivity contribution is -0.129. The Hall–Kier alpha value is -3.11. The summed E-state index contributed by atoms with van der Waals surface area (Å²) in [5.74, 6) is -0.0789. The standard InChI is InChI=1S/C23H27N3O6S/c1-16(22(27)25-18-9-10-20-21(14-18)32-13-12-31-20)24-23(28)17-6-5-11-26(15-17)33(29,30)19-7-3-2-4-8-19/h2-4,7-10,14,16-17H,5-6,11-13,15H2,1H3,(H,24,28)(H,25,27)/t16-,17?/m1/s1. The number of benzene rings is 2. The number of ether oxygens (including phenoxy) is 2. The van der Waals surface area contributed by atoms with Crippen LogP contribution in [0.4, 0.5) is 5.69 Å². The molecule has 1 saturated heterocycles. The Morgan fingerprint density at radius 2 is 1.79 bits per heavy atom. The number of piperidine rings is 1. The molecule has 2 aromatic rings. The molecule has 2 aliphatic heterocycles. The average Bonchev–Trinajstić information content (AvgIpc) is 2.84. The summed E-state index contributed by atoms with van der Waals surface area (Å²) >= 11 is 0. The van der Waals surface area contributed by atoms with E-state index in [0.717, 1.165) is 0 Å². The zero-order chi connectivity index (χ0) is 23.4. The number of carbonyl (C=O) groups is 2. The molecule has 9 nitrogen and oxygen atoms in total. The Morgan fingerprint density at radius 3 is 2.55 bits per heavy atom. The molecular weight excluding hydrogens is 446 g/mol. The van der Waals surface area contributed by atoms with Crippen LogP contribution in [0.25, 0.3) is 0 Å². The molecule has 10 heteroatoms. The molecule has 0 spiro atoms. The second-order valence-electron chi connectivity index (χ2n) is 8.09. The number of nitrogens with zero attached hydrogens (tertiary/aromatic N) is 1. The van der Waals surface area contributed by atoms with Gasteiger partial charge in [-0.3, -0.25) is 9.59 Å². The van der Waals surface area contributed by atoms with Gasteiger partial charge in [0.15, 0.2) is 11.5 Å². The minimum Gasteiger partial charge on any atom is -0.486 e. The smallest absolute Gasteiger partial charge is 0.246 e. The van der Waals surface area contributed by atoms with Gasteiger partial charge in [0, 0.05) is 24.8 Å². The van der Waals surface area contributed by atoms with Gasteiger partial charge < -0.3 is 20.1 Å². The van der Waals surface area contributed by atoms with Gasteiger partial charge in [-0.1, -0.05) is 18.2 Å². The van der Waals surface area contributed by atoms with E-state index in [1.54, 1.807) is 55.5 Å². The van der Waals surface area contributed by atoms with Gasteiger partial charge in [-0.2, -0.15) is 4.31 Å². The summed E-state index contributed by atoms with van der Waals surface area (Å²) in [6.45, 7) is 2.95. The molecule has 0 saturated carbocycles. The maximum absolute atomic E-state index is 12.9. The van der Waals surface area contributed by atoms with Crippen LogP contribution in [-0.4, -0.2) is 56.9 Å². The molecule has 1 fully saturated rings. The monoisotopic (exact) mass is 473 g/mol. The number of hydrogen-bond acceptors (Lipinski definition) is 6. The number of fused-ring (bicyclic) bond motifs is 1. The predicted molar refractivity (Wildman–Crippen MR) is 122 cm³/mol. The molecule has 0 radical (unpaired) electrons. The summed E-state index contributed by atoms with van der Waals surface area (Å²) in [5, 5.41) is 5.47. The minimum atomic E-state index is -3.67. The van der Waals surface area contributed by atoms with E-state index in [1.807, 2.05) is 0 Å². The van der Waals surface area contributed by atoms with Crippen LogP contribution in [0.1, 0.15) is 19.8 Å². The minimum absolute atomic E-state index is 0.0829. The van der Waals surface area contributed by atoms with E-state index in [0.29, 0.717) is 49.8 Å². The molecule has 0 aliphatic carbocycles. The first kappa shape index (κ1) is 23.1. The SMILES string of the molecule is C[C@@H](NC(=O)C1CCCN(S(=O)(=O)c2ccccc2)C1)C(=O)Nc1ccc2c(c1)OCCO2. The van der Waals surface area contributed by atoms with Crippen molar-refractivity contribution in [1.29, 1.82) is 0 Å². The van der Waals surface area contributed by atoms with E-state index in [1.165, 1.54) is 4.31 Å². The Bertz CT molecular complexity index is 1120. The van der Waals surface area contributed by atoms with Crippen LogP contribution in [-0.2, 0) is 19.6 Å².